The Labute approximate surface area is 109 Å². The lowest BCUT2D eigenvalue weighted by Gasteiger charge is -2.28. The average molecular weight is 260 g/mol. The fourth-order valence-electron chi connectivity index (χ4n) is 2.33. The number of aliphatic hydroxyl groups is 1. The number of primary amides is 1. The van der Waals surface area contributed by atoms with Crippen molar-refractivity contribution < 1.29 is 14.3 Å². The molecular formula is C13H14N3O3. The first-order valence-electron chi connectivity index (χ1n) is 6.19. The number of β-amino-alcohol motifs (C(OH)–C–C–N with tert-alkyl or cyclic N) is 1. The predicted octanol–water partition coefficient (Wildman–Crippen LogP) is 0.688. The number of aromatic nitrogens is 1. The molecule has 99 valence electrons. The van der Waals surface area contributed by atoms with Crippen molar-refractivity contribution in [1.82, 2.24) is 4.98 Å². The topological polar surface area (TPSA) is 92.6 Å². The van der Waals surface area contributed by atoms with E-state index in [4.69, 9.17) is 10.2 Å². The maximum absolute atomic E-state index is 11.3. The van der Waals surface area contributed by atoms with Crippen LogP contribution >= 0.6 is 0 Å². The molecule has 19 heavy (non-hydrogen) atoms. The first-order valence-corrected chi connectivity index (χ1v) is 6.19. The second-order valence-electron chi connectivity index (χ2n) is 4.67. The molecule has 3 N–H and O–H groups in total. The fourth-order valence-corrected chi connectivity index (χ4v) is 2.33. The lowest BCUT2D eigenvalue weighted by atomic mass is 10.1. The fraction of sp³-hybridized carbons (Fsp3) is 0.385. The highest BCUT2D eigenvalue weighted by Gasteiger charge is 2.23. The van der Waals surface area contributed by atoms with Gasteiger partial charge in [-0.2, -0.15) is 4.98 Å². The minimum atomic E-state index is -0.580. The van der Waals surface area contributed by atoms with Crippen molar-refractivity contribution in [3.05, 3.63) is 23.8 Å². The smallest absolute Gasteiger partial charge is 0.298 e. The van der Waals surface area contributed by atoms with Crippen LogP contribution in [0, 0.1) is 6.07 Å². The normalized spacial score (nSPS) is 19.8. The number of carbonyl (C=O) groups is 1. The van der Waals surface area contributed by atoms with E-state index in [1.54, 1.807) is 12.1 Å². The van der Waals surface area contributed by atoms with Crippen LogP contribution in [-0.4, -0.2) is 35.2 Å². The lowest BCUT2D eigenvalue weighted by molar-refractivity contribution is 0.100. The van der Waals surface area contributed by atoms with Gasteiger partial charge >= 0.3 is 0 Å². The molecule has 1 atom stereocenters. The van der Waals surface area contributed by atoms with E-state index in [0.29, 0.717) is 23.7 Å². The summed E-state index contributed by atoms with van der Waals surface area (Å²) in [5.41, 5.74) is 6.43. The number of piperidine rings is 1. The van der Waals surface area contributed by atoms with Crippen LogP contribution in [0.3, 0.4) is 0 Å². The van der Waals surface area contributed by atoms with Crippen LogP contribution in [0.1, 0.15) is 23.2 Å². The minimum Gasteiger partial charge on any atom is -0.423 e. The molecule has 6 heteroatoms. The van der Waals surface area contributed by atoms with E-state index >= 15 is 0 Å². The number of hydrogen-bond acceptors (Lipinski definition) is 5. The molecule has 1 radical (unpaired) electrons. The van der Waals surface area contributed by atoms with Crippen LogP contribution in [0.25, 0.3) is 11.1 Å². The standard InChI is InChI=1S/C13H14N3O3/c14-12(18)9-4-1-5-10-11(9)15-13(19-10)16-6-2-3-8(17)7-16/h1,5,8,17H,2-3,6-7H2,(H2,14,18)/t8-/m0/s1. The molecule has 6 nitrogen and oxygen atoms in total. The first kappa shape index (κ1) is 12.0. The Kier molecular flexibility index (Phi) is 2.87. The van der Waals surface area contributed by atoms with Crippen LogP contribution in [-0.2, 0) is 0 Å². The summed E-state index contributed by atoms with van der Waals surface area (Å²) in [6.07, 6.45) is 1.30. The third-order valence-electron chi connectivity index (χ3n) is 3.25. The van der Waals surface area contributed by atoms with E-state index in [1.807, 2.05) is 4.90 Å². The van der Waals surface area contributed by atoms with Crippen molar-refractivity contribution in [3.8, 4) is 0 Å². The van der Waals surface area contributed by atoms with Crippen molar-refractivity contribution in [2.24, 2.45) is 5.73 Å². The molecule has 1 aliphatic heterocycles. The molecule has 0 saturated carbocycles. The van der Waals surface area contributed by atoms with Gasteiger partial charge in [-0.25, -0.2) is 0 Å². The minimum absolute atomic E-state index is 0.227. The molecule has 2 heterocycles. The van der Waals surface area contributed by atoms with E-state index in [1.165, 1.54) is 0 Å². The number of carbonyl (C=O) groups excluding carboxylic acids is 1. The van der Waals surface area contributed by atoms with Crippen LogP contribution < -0.4 is 10.6 Å². The van der Waals surface area contributed by atoms with Gasteiger partial charge in [-0.15, -0.1) is 0 Å². The Morgan fingerprint density at radius 3 is 3.21 bits per heavy atom. The Balaban J connectivity index is 2.01. The molecule has 1 aromatic carbocycles. The van der Waals surface area contributed by atoms with E-state index in [2.05, 4.69) is 11.1 Å². The van der Waals surface area contributed by atoms with Gasteiger partial charge in [-0.05, 0) is 31.0 Å². The molecule has 1 aromatic heterocycles. The van der Waals surface area contributed by atoms with Gasteiger partial charge < -0.3 is 20.2 Å². The number of rotatable bonds is 2. The molecule has 1 fully saturated rings. The van der Waals surface area contributed by atoms with Gasteiger partial charge in [-0.1, -0.05) is 0 Å². The van der Waals surface area contributed by atoms with E-state index in [9.17, 15) is 9.90 Å². The summed E-state index contributed by atoms with van der Waals surface area (Å²) in [6.45, 7) is 1.27. The van der Waals surface area contributed by atoms with Crippen molar-refractivity contribution in [1.29, 1.82) is 0 Å². The van der Waals surface area contributed by atoms with Crippen LogP contribution in [0.4, 0.5) is 6.01 Å². The average Bonchev–Trinajstić information content (AvgIpc) is 2.82. The van der Waals surface area contributed by atoms with Gasteiger partial charge in [0.15, 0.2) is 5.58 Å². The third-order valence-corrected chi connectivity index (χ3v) is 3.25. The maximum atomic E-state index is 11.3. The second kappa shape index (κ2) is 4.55. The molecule has 1 aliphatic rings. The molecular weight excluding hydrogens is 246 g/mol. The SMILES string of the molecule is NC(=O)c1[c]ccc2oc(N3CCC[C@H](O)C3)nc12. The maximum Gasteiger partial charge on any atom is 0.298 e. The number of oxazole rings is 1. The summed E-state index contributed by atoms with van der Waals surface area (Å²) in [5.74, 6) is -0.580. The van der Waals surface area contributed by atoms with Gasteiger partial charge in [0.25, 0.3) is 11.9 Å². The van der Waals surface area contributed by atoms with E-state index in [0.717, 1.165) is 19.4 Å². The van der Waals surface area contributed by atoms with Crippen molar-refractivity contribution in [2.45, 2.75) is 18.9 Å². The third kappa shape index (κ3) is 2.15. The molecule has 2 aromatic rings. The molecule has 0 spiro atoms. The summed E-state index contributed by atoms with van der Waals surface area (Å²) in [6, 6.07) is 6.46. The molecule has 1 amide bonds. The Morgan fingerprint density at radius 2 is 2.47 bits per heavy atom. The van der Waals surface area contributed by atoms with Gasteiger partial charge in [0, 0.05) is 13.1 Å². The monoisotopic (exact) mass is 260 g/mol. The van der Waals surface area contributed by atoms with Gasteiger partial charge in [-0.3, -0.25) is 4.79 Å². The zero-order chi connectivity index (χ0) is 13.4. The van der Waals surface area contributed by atoms with Crippen LogP contribution in [0.2, 0.25) is 0 Å². The highest BCUT2D eigenvalue weighted by Crippen LogP contribution is 2.26. The lowest BCUT2D eigenvalue weighted by Crippen LogP contribution is -2.38. The summed E-state index contributed by atoms with van der Waals surface area (Å²) < 4.78 is 5.62. The quantitative estimate of drug-likeness (QED) is 0.828. The zero-order valence-electron chi connectivity index (χ0n) is 10.3. The number of aliphatic hydroxyl groups excluding tert-OH is 1. The summed E-state index contributed by atoms with van der Waals surface area (Å²) in [4.78, 5) is 17.5. The van der Waals surface area contributed by atoms with Crippen molar-refractivity contribution >= 4 is 23.0 Å². The number of amides is 1. The van der Waals surface area contributed by atoms with Crippen LogP contribution in [0.15, 0.2) is 16.5 Å². The number of nitrogens with zero attached hydrogens (tertiary/aromatic N) is 2. The summed E-state index contributed by atoms with van der Waals surface area (Å²) in [5, 5.41) is 9.67. The molecule has 0 bridgehead atoms. The van der Waals surface area contributed by atoms with Crippen molar-refractivity contribution in [3.63, 3.8) is 0 Å². The molecule has 0 aliphatic carbocycles. The predicted molar refractivity (Wildman–Crippen MR) is 68.8 cm³/mol. The highest BCUT2D eigenvalue weighted by molar-refractivity contribution is 6.03. The number of hydrogen-bond donors (Lipinski definition) is 2. The van der Waals surface area contributed by atoms with Gasteiger partial charge in [0.05, 0.1) is 11.7 Å². The van der Waals surface area contributed by atoms with Gasteiger partial charge in [0.1, 0.15) is 5.52 Å². The highest BCUT2D eigenvalue weighted by atomic mass is 16.4. The molecule has 3 rings (SSSR count). The molecule has 0 unspecified atom stereocenters. The van der Waals surface area contributed by atoms with E-state index in [-0.39, 0.29) is 11.7 Å². The van der Waals surface area contributed by atoms with E-state index < -0.39 is 5.91 Å². The number of fused-ring (bicyclic) bond motifs is 1. The second-order valence-corrected chi connectivity index (χ2v) is 4.67. The largest absolute Gasteiger partial charge is 0.423 e. The van der Waals surface area contributed by atoms with Crippen molar-refractivity contribution in [2.75, 3.05) is 18.0 Å². The summed E-state index contributed by atoms with van der Waals surface area (Å²) in [7, 11) is 0. The van der Waals surface area contributed by atoms with Gasteiger partial charge in [0.2, 0.25) is 0 Å². The summed E-state index contributed by atoms with van der Waals surface area (Å²) >= 11 is 0. The van der Waals surface area contributed by atoms with Crippen LogP contribution in [0.5, 0.6) is 0 Å². The zero-order valence-corrected chi connectivity index (χ0v) is 10.3. The molecule has 1 saturated heterocycles. The first-order chi connectivity index (χ1) is 9.15. The number of benzene rings is 1. The Hall–Kier alpha value is -2.08. The Bertz CT molecular complexity index is 623. The number of nitrogens with two attached hydrogens (primary N) is 1. The number of anilines is 1. The Morgan fingerprint density at radius 1 is 1.63 bits per heavy atom.